The summed E-state index contributed by atoms with van der Waals surface area (Å²) in [5.41, 5.74) is 3.22. The molecule has 3 heterocycles. The fraction of sp³-hybridized carbons (Fsp3) is 0.564. The van der Waals surface area contributed by atoms with Crippen molar-refractivity contribution in [3.05, 3.63) is 83.9 Å². The molecule has 12 nitrogen and oxygen atoms in total. The van der Waals surface area contributed by atoms with Crippen LogP contribution in [-0.2, 0) is 39.2 Å². The number of nitrogens with zero attached hydrogens (tertiary/aromatic N) is 4. The molecule has 0 radical (unpaired) electrons. The first-order valence-corrected chi connectivity index (χ1v) is 26.2. The lowest BCUT2D eigenvalue weighted by atomic mass is 9.91. The van der Waals surface area contributed by atoms with Gasteiger partial charge in [-0.2, -0.15) is 8.42 Å². The largest absolute Gasteiger partial charge is 0.408 e. The van der Waals surface area contributed by atoms with Crippen molar-refractivity contribution in [1.29, 1.82) is 0 Å². The third-order valence-electron chi connectivity index (χ3n) is 11.1. The standard InChI is InChI=1S/C39H59N5O7SSi2/c1-38(2,3)53(9,10)50-33-30(24-47-7)49-37(34(33)51-54(11,12)39(4,5)6)44-26-41-32-35(42-31(43-36(32)44)25-48-52(8,45)46)40-23-29(27-19-15-13-16-20-27)28-21-17-14-18-22-28/h13-22,26,29-30,33-34,37H,23-25H2,1-12H3,(H,40,42,43)/t30-,33-,34+,37-/m1/s1. The highest BCUT2D eigenvalue weighted by Gasteiger charge is 2.54. The van der Waals surface area contributed by atoms with Gasteiger partial charge in [0.15, 0.2) is 45.7 Å². The molecular formula is C39H59N5O7SSi2. The first-order valence-electron chi connectivity index (χ1n) is 18.5. The molecule has 0 aliphatic carbocycles. The van der Waals surface area contributed by atoms with Crippen LogP contribution in [0.2, 0.25) is 36.3 Å². The molecule has 54 heavy (non-hydrogen) atoms. The normalized spacial score (nSPS) is 20.2. The van der Waals surface area contributed by atoms with Crippen LogP contribution in [0.4, 0.5) is 5.82 Å². The number of fused-ring (bicyclic) bond motifs is 1. The van der Waals surface area contributed by atoms with Crippen LogP contribution in [0.1, 0.15) is 70.6 Å². The monoisotopic (exact) mass is 797 g/mol. The Morgan fingerprint density at radius 1 is 0.852 bits per heavy atom. The fourth-order valence-electron chi connectivity index (χ4n) is 6.03. The summed E-state index contributed by atoms with van der Waals surface area (Å²) in [5, 5.41) is 3.38. The molecule has 5 rings (SSSR count). The highest BCUT2D eigenvalue weighted by Crippen LogP contribution is 2.46. The minimum atomic E-state index is -3.78. The quantitative estimate of drug-likeness (QED) is 0.0930. The summed E-state index contributed by atoms with van der Waals surface area (Å²) in [5.74, 6) is 0.611. The van der Waals surface area contributed by atoms with Crippen LogP contribution in [0.15, 0.2) is 67.0 Å². The molecule has 296 valence electrons. The molecule has 0 spiro atoms. The summed E-state index contributed by atoms with van der Waals surface area (Å²) in [6.45, 7) is 22.6. The van der Waals surface area contributed by atoms with Gasteiger partial charge < -0.3 is 23.6 Å². The van der Waals surface area contributed by atoms with Gasteiger partial charge in [0.1, 0.15) is 24.9 Å². The summed E-state index contributed by atoms with van der Waals surface area (Å²) >= 11 is 0. The Hall–Kier alpha value is -3.03. The van der Waals surface area contributed by atoms with Crippen molar-refractivity contribution >= 4 is 43.7 Å². The van der Waals surface area contributed by atoms with Gasteiger partial charge in [-0.1, -0.05) is 102 Å². The number of nitrogens with one attached hydrogen (secondary N) is 1. The summed E-state index contributed by atoms with van der Waals surface area (Å²) < 4.78 is 58.4. The topological polar surface area (TPSA) is 136 Å². The predicted octanol–water partition coefficient (Wildman–Crippen LogP) is 7.87. The minimum absolute atomic E-state index is 0.0150. The van der Waals surface area contributed by atoms with Gasteiger partial charge in [0.05, 0.1) is 19.2 Å². The smallest absolute Gasteiger partial charge is 0.264 e. The molecule has 0 bridgehead atoms. The van der Waals surface area contributed by atoms with Crippen molar-refractivity contribution in [1.82, 2.24) is 19.5 Å². The van der Waals surface area contributed by atoms with Crippen LogP contribution >= 0.6 is 0 Å². The van der Waals surface area contributed by atoms with Crippen molar-refractivity contribution in [2.75, 3.05) is 31.8 Å². The van der Waals surface area contributed by atoms with Crippen LogP contribution < -0.4 is 5.32 Å². The minimum Gasteiger partial charge on any atom is -0.408 e. The molecule has 1 aliphatic rings. The van der Waals surface area contributed by atoms with Crippen LogP contribution in [-0.4, -0.2) is 89.4 Å². The number of aromatic nitrogens is 4. The zero-order valence-electron chi connectivity index (χ0n) is 33.9. The maximum absolute atomic E-state index is 12.1. The first kappa shape index (κ1) is 42.1. The van der Waals surface area contributed by atoms with Crippen LogP contribution in [0.3, 0.4) is 0 Å². The van der Waals surface area contributed by atoms with E-state index >= 15 is 0 Å². The zero-order valence-corrected chi connectivity index (χ0v) is 36.7. The van der Waals surface area contributed by atoms with Gasteiger partial charge in [0.2, 0.25) is 0 Å². The average molecular weight is 798 g/mol. The summed E-state index contributed by atoms with van der Waals surface area (Å²) in [6, 6.07) is 20.5. The van der Waals surface area contributed by atoms with Crippen molar-refractivity contribution < 1.29 is 30.9 Å². The van der Waals surface area contributed by atoms with Crippen molar-refractivity contribution in [2.45, 2.75) is 115 Å². The Bertz CT molecular complexity index is 1930. The average Bonchev–Trinajstić information content (AvgIpc) is 3.64. The van der Waals surface area contributed by atoms with Gasteiger partial charge >= 0.3 is 0 Å². The molecule has 1 fully saturated rings. The van der Waals surface area contributed by atoms with Gasteiger partial charge in [0.25, 0.3) is 10.1 Å². The zero-order chi connectivity index (χ0) is 39.7. The number of methoxy groups -OCH3 is 1. The summed E-state index contributed by atoms with van der Waals surface area (Å²) in [7, 11) is -6.85. The molecule has 2 aromatic heterocycles. The van der Waals surface area contributed by atoms with E-state index in [0.717, 1.165) is 17.4 Å². The third-order valence-corrected chi connectivity index (χ3v) is 20.6. The Balaban J connectivity index is 1.62. The van der Waals surface area contributed by atoms with Gasteiger partial charge in [-0.15, -0.1) is 0 Å². The van der Waals surface area contributed by atoms with E-state index in [9.17, 15) is 8.42 Å². The van der Waals surface area contributed by atoms with E-state index in [0.29, 0.717) is 30.1 Å². The van der Waals surface area contributed by atoms with E-state index in [-0.39, 0.29) is 28.4 Å². The fourth-order valence-corrected chi connectivity index (χ4v) is 8.95. The molecular weight excluding hydrogens is 739 g/mol. The number of anilines is 1. The molecule has 4 atom stereocenters. The second kappa shape index (κ2) is 16.2. The molecule has 4 aromatic rings. The number of benzene rings is 2. The van der Waals surface area contributed by atoms with E-state index < -0.39 is 51.3 Å². The molecule has 1 aliphatic heterocycles. The van der Waals surface area contributed by atoms with E-state index in [4.69, 9.17) is 37.5 Å². The van der Waals surface area contributed by atoms with E-state index in [1.54, 1.807) is 13.4 Å². The summed E-state index contributed by atoms with van der Waals surface area (Å²) in [4.78, 5) is 14.5. The molecule has 15 heteroatoms. The van der Waals surface area contributed by atoms with Gasteiger partial charge in [-0.05, 0) is 47.4 Å². The second-order valence-corrected chi connectivity index (χ2v) is 28.4. The number of hydrogen-bond acceptors (Lipinski definition) is 11. The molecule has 0 amide bonds. The second-order valence-electron chi connectivity index (χ2n) is 17.2. The van der Waals surface area contributed by atoms with Crippen molar-refractivity contribution in [3.8, 4) is 0 Å². The molecule has 0 saturated carbocycles. The van der Waals surface area contributed by atoms with E-state index in [1.807, 2.05) is 41.0 Å². The SMILES string of the molecule is COC[C@H]1O[C@@H](n2cnc3c(NCC(c4ccccc4)c4ccccc4)nc(COS(C)(=O)=O)nc32)[C@@H](O[Si](C)(C)C(C)(C)C)[C@@H]1O[Si](C)(C)C(C)(C)C. The Kier molecular flexibility index (Phi) is 12.6. The maximum atomic E-state index is 12.1. The highest BCUT2D eigenvalue weighted by atomic mass is 32.2. The molecule has 1 N–H and O–H groups in total. The lowest BCUT2D eigenvalue weighted by Crippen LogP contribution is -2.54. The summed E-state index contributed by atoms with van der Waals surface area (Å²) in [6.07, 6.45) is 0.612. The predicted molar refractivity (Wildman–Crippen MR) is 218 cm³/mol. The number of hydrogen-bond donors (Lipinski definition) is 1. The highest BCUT2D eigenvalue weighted by molar-refractivity contribution is 7.85. The lowest BCUT2D eigenvalue weighted by Gasteiger charge is -2.44. The number of imidazole rings is 1. The van der Waals surface area contributed by atoms with Crippen LogP contribution in [0, 0.1) is 0 Å². The van der Waals surface area contributed by atoms with E-state index in [1.165, 1.54) is 0 Å². The van der Waals surface area contributed by atoms with Gasteiger partial charge in [-0.3, -0.25) is 8.75 Å². The maximum Gasteiger partial charge on any atom is 0.264 e. The Morgan fingerprint density at radius 2 is 1.39 bits per heavy atom. The first-order chi connectivity index (χ1) is 25.1. The molecule has 0 unspecified atom stereocenters. The number of rotatable bonds is 15. The molecule has 1 saturated heterocycles. The Labute approximate surface area is 323 Å². The van der Waals surface area contributed by atoms with Crippen molar-refractivity contribution in [2.24, 2.45) is 0 Å². The Morgan fingerprint density at radius 3 is 1.89 bits per heavy atom. The van der Waals surface area contributed by atoms with Crippen LogP contribution in [0.25, 0.3) is 11.2 Å². The lowest BCUT2D eigenvalue weighted by molar-refractivity contribution is -0.0562. The van der Waals surface area contributed by atoms with Gasteiger partial charge in [0, 0.05) is 19.6 Å². The van der Waals surface area contributed by atoms with Crippen LogP contribution in [0.5, 0.6) is 0 Å². The van der Waals surface area contributed by atoms with Crippen molar-refractivity contribution in [3.63, 3.8) is 0 Å². The van der Waals surface area contributed by atoms with E-state index in [2.05, 4.69) is 97.3 Å². The third kappa shape index (κ3) is 9.67. The molecule has 2 aromatic carbocycles. The van der Waals surface area contributed by atoms with Gasteiger partial charge in [-0.25, -0.2) is 15.0 Å². The number of ether oxygens (including phenoxy) is 2.